The van der Waals surface area contributed by atoms with E-state index in [0.29, 0.717) is 16.6 Å². The number of ether oxygens (including phenoxy) is 1. The van der Waals surface area contributed by atoms with Crippen LogP contribution in [0, 0.1) is 6.92 Å². The number of esters is 1. The SMILES string of the molecule is Cc1ccc(C2=NC(=Cc3cn(-c4ccccc4)nc3-c3ccc(Cl)cc3)C(=O)O2)cc1. The van der Waals surface area contributed by atoms with Crippen molar-refractivity contribution in [2.75, 3.05) is 0 Å². The Morgan fingerprint density at radius 3 is 2.31 bits per heavy atom. The number of cyclic esters (lactones) is 1. The molecule has 6 heteroatoms. The summed E-state index contributed by atoms with van der Waals surface area (Å²) in [5.74, 6) is -0.195. The highest BCUT2D eigenvalue weighted by Gasteiger charge is 2.25. The molecule has 0 atom stereocenters. The molecule has 1 aliphatic heterocycles. The maximum Gasteiger partial charge on any atom is 0.363 e. The van der Waals surface area contributed by atoms with Crippen molar-refractivity contribution in [2.45, 2.75) is 6.92 Å². The lowest BCUT2D eigenvalue weighted by Crippen LogP contribution is -2.05. The monoisotopic (exact) mass is 439 g/mol. The quantitative estimate of drug-likeness (QED) is 0.296. The first-order chi connectivity index (χ1) is 15.6. The minimum absolute atomic E-state index is 0.225. The van der Waals surface area contributed by atoms with Crippen LogP contribution in [0.5, 0.6) is 0 Å². The highest BCUT2D eigenvalue weighted by Crippen LogP contribution is 2.28. The zero-order chi connectivity index (χ0) is 22.1. The average Bonchev–Trinajstić information content (AvgIpc) is 3.39. The Kier molecular flexibility index (Phi) is 5.17. The summed E-state index contributed by atoms with van der Waals surface area (Å²) in [6, 6.07) is 24.9. The van der Waals surface area contributed by atoms with Crippen LogP contribution >= 0.6 is 11.6 Å². The van der Waals surface area contributed by atoms with Gasteiger partial charge in [-0.3, -0.25) is 0 Å². The number of carbonyl (C=O) groups excluding carboxylic acids is 1. The zero-order valence-corrected chi connectivity index (χ0v) is 18.0. The molecule has 2 heterocycles. The molecule has 0 saturated heterocycles. The smallest absolute Gasteiger partial charge is 0.363 e. The van der Waals surface area contributed by atoms with Crippen LogP contribution in [0.2, 0.25) is 5.02 Å². The van der Waals surface area contributed by atoms with Gasteiger partial charge < -0.3 is 4.74 Å². The minimum Gasteiger partial charge on any atom is -0.402 e. The Bertz CT molecular complexity index is 1350. The van der Waals surface area contributed by atoms with Gasteiger partial charge in [0.25, 0.3) is 0 Å². The van der Waals surface area contributed by atoms with Gasteiger partial charge in [-0.05, 0) is 49.4 Å². The molecule has 1 aromatic heterocycles. The summed E-state index contributed by atoms with van der Waals surface area (Å²) in [6.45, 7) is 2.00. The Morgan fingerprint density at radius 2 is 1.59 bits per heavy atom. The number of carbonyl (C=O) groups is 1. The van der Waals surface area contributed by atoms with Crippen molar-refractivity contribution in [1.29, 1.82) is 0 Å². The van der Waals surface area contributed by atoms with Crippen molar-refractivity contribution in [3.05, 3.63) is 112 Å². The highest BCUT2D eigenvalue weighted by molar-refractivity contribution is 6.30. The Hall–Kier alpha value is -3.96. The van der Waals surface area contributed by atoms with Crippen LogP contribution in [-0.4, -0.2) is 21.6 Å². The van der Waals surface area contributed by atoms with E-state index < -0.39 is 5.97 Å². The first kappa shape index (κ1) is 20.0. The normalized spacial score (nSPS) is 14.5. The molecule has 0 aliphatic carbocycles. The second kappa shape index (κ2) is 8.29. The topological polar surface area (TPSA) is 56.5 Å². The maximum absolute atomic E-state index is 12.5. The Morgan fingerprint density at radius 1 is 0.906 bits per heavy atom. The highest BCUT2D eigenvalue weighted by atomic mass is 35.5. The lowest BCUT2D eigenvalue weighted by molar-refractivity contribution is -0.129. The van der Waals surface area contributed by atoms with Gasteiger partial charge in [-0.15, -0.1) is 0 Å². The molecule has 0 N–H and O–H groups in total. The van der Waals surface area contributed by atoms with Gasteiger partial charge in [0.1, 0.15) is 5.69 Å². The molecule has 0 saturated carbocycles. The van der Waals surface area contributed by atoms with Gasteiger partial charge in [-0.25, -0.2) is 14.5 Å². The standard InChI is InChI=1S/C26H18ClN3O2/c1-17-7-9-19(10-8-17)25-28-23(26(31)32-25)15-20-16-30(22-5-3-2-4-6-22)29-24(20)18-11-13-21(27)14-12-18/h2-16H,1H3. The van der Waals surface area contributed by atoms with Gasteiger partial charge in [0.15, 0.2) is 5.70 Å². The zero-order valence-electron chi connectivity index (χ0n) is 17.2. The molecule has 32 heavy (non-hydrogen) atoms. The molecular formula is C26H18ClN3O2. The molecule has 0 radical (unpaired) electrons. The predicted molar refractivity (Wildman–Crippen MR) is 126 cm³/mol. The predicted octanol–water partition coefficient (Wildman–Crippen LogP) is 5.85. The van der Waals surface area contributed by atoms with E-state index in [9.17, 15) is 4.79 Å². The molecule has 156 valence electrons. The molecule has 4 aromatic rings. The largest absolute Gasteiger partial charge is 0.402 e. The van der Waals surface area contributed by atoms with Crippen LogP contribution in [0.3, 0.4) is 0 Å². The summed E-state index contributed by atoms with van der Waals surface area (Å²) >= 11 is 6.06. The number of rotatable bonds is 4. The summed E-state index contributed by atoms with van der Waals surface area (Å²) < 4.78 is 7.20. The molecule has 0 amide bonds. The van der Waals surface area contributed by atoms with Crippen LogP contribution in [-0.2, 0) is 9.53 Å². The van der Waals surface area contributed by atoms with E-state index in [1.807, 2.05) is 92.0 Å². The van der Waals surface area contributed by atoms with Gasteiger partial charge >= 0.3 is 5.97 Å². The van der Waals surface area contributed by atoms with Gasteiger partial charge in [0.05, 0.1) is 5.69 Å². The number of aryl methyl sites for hydroxylation is 1. The summed E-state index contributed by atoms with van der Waals surface area (Å²) in [5.41, 5.74) is 5.35. The molecule has 1 aliphatic rings. The number of para-hydroxylation sites is 1. The summed E-state index contributed by atoms with van der Waals surface area (Å²) in [5, 5.41) is 5.40. The van der Waals surface area contributed by atoms with Crippen LogP contribution in [0.25, 0.3) is 23.0 Å². The number of halogens is 1. The summed E-state index contributed by atoms with van der Waals surface area (Å²) in [7, 11) is 0. The minimum atomic E-state index is -0.491. The van der Waals surface area contributed by atoms with E-state index in [1.165, 1.54) is 0 Å². The number of nitrogens with zero attached hydrogens (tertiary/aromatic N) is 3. The number of benzene rings is 3. The number of hydrogen-bond donors (Lipinski definition) is 0. The van der Waals surface area contributed by atoms with E-state index in [-0.39, 0.29) is 5.70 Å². The molecule has 0 bridgehead atoms. The van der Waals surface area contributed by atoms with Crippen molar-refractivity contribution < 1.29 is 9.53 Å². The fourth-order valence-electron chi connectivity index (χ4n) is 3.41. The van der Waals surface area contributed by atoms with E-state index in [4.69, 9.17) is 21.4 Å². The van der Waals surface area contributed by atoms with Gasteiger partial charge in [-0.2, -0.15) is 5.10 Å². The van der Waals surface area contributed by atoms with Crippen LogP contribution in [0.1, 0.15) is 16.7 Å². The molecular weight excluding hydrogens is 422 g/mol. The Balaban J connectivity index is 1.59. The maximum atomic E-state index is 12.5. The third-order valence-electron chi connectivity index (χ3n) is 5.09. The average molecular weight is 440 g/mol. The van der Waals surface area contributed by atoms with Gasteiger partial charge in [0, 0.05) is 27.9 Å². The van der Waals surface area contributed by atoms with Crippen molar-refractivity contribution in [3.63, 3.8) is 0 Å². The molecule has 5 rings (SSSR count). The first-order valence-corrected chi connectivity index (χ1v) is 10.5. The van der Waals surface area contributed by atoms with Crippen molar-refractivity contribution in [1.82, 2.24) is 9.78 Å². The first-order valence-electron chi connectivity index (χ1n) is 10.1. The van der Waals surface area contributed by atoms with Crippen molar-refractivity contribution in [2.24, 2.45) is 4.99 Å². The van der Waals surface area contributed by atoms with Crippen molar-refractivity contribution >= 4 is 29.5 Å². The molecule has 3 aromatic carbocycles. The fourth-order valence-corrected chi connectivity index (χ4v) is 3.54. The van der Waals surface area contributed by atoms with E-state index >= 15 is 0 Å². The van der Waals surface area contributed by atoms with Gasteiger partial charge in [0.2, 0.25) is 5.90 Å². The molecule has 0 spiro atoms. The van der Waals surface area contributed by atoms with Crippen LogP contribution in [0.4, 0.5) is 0 Å². The van der Waals surface area contributed by atoms with Crippen LogP contribution < -0.4 is 0 Å². The second-order valence-electron chi connectivity index (χ2n) is 7.42. The second-order valence-corrected chi connectivity index (χ2v) is 7.86. The third-order valence-corrected chi connectivity index (χ3v) is 5.34. The van der Waals surface area contributed by atoms with E-state index in [2.05, 4.69) is 4.99 Å². The lowest BCUT2D eigenvalue weighted by Gasteiger charge is -2.00. The molecule has 0 fully saturated rings. The number of aromatic nitrogens is 2. The van der Waals surface area contributed by atoms with Crippen molar-refractivity contribution in [3.8, 4) is 16.9 Å². The number of hydrogen-bond acceptors (Lipinski definition) is 4. The van der Waals surface area contributed by atoms with E-state index in [1.54, 1.807) is 10.8 Å². The Labute approximate surface area is 190 Å². The third kappa shape index (κ3) is 3.98. The molecule has 5 nitrogen and oxygen atoms in total. The van der Waals surface area contributed by atoms with Gasteiger partial charge in [-0.1, -0.05) is 59.6 Å². The molecule has 0 unspecified atom stereocenters. The summed E-state index contributed by atoms with van der Waals surface area (Å²) in [4.78, 5) is 17.0. The van der Waals surface area contributed by atoms with E-state index in [0.717, 1.165) is 27.9 Å². The number of aliphatic imine (C=N–C) groups is 1. The summed E-state index contributed by atoms with van der Waals surface area (Å²) in [6.07, 6.45) is 3.58. The fraction of sp³-hybridized carbons (Fsp3) is 0.0385. The van der Waals surface area contributed by atoms with Crippen LogP contribution in [0.15, 0.2) is 95.7 Å². The lowest BCUT2D eigenvalue weighted by atomic mass is 10.1.